The lowest BCUT2D eigenvalue weighted by atomic mass is 10.1. The second-order valence-electron chi connectivity index (χ2n) is 8.09. The van der Waals surface area contributed by atoms with E-state index in [2.05, 4.69) is 53.1 Å². The van der Waals surface area contributed by atoms with Crippen LogP contribution in [0.15, 0.2) is 36.4 Å². The molecule has 3 aromatic rings. The van der Waals surface area contributed by atoms with Crippen molar-refractivity contribution in [1.82, 2.24) is 19.6 Å². The zero-order valence-electron chi connectivity index (χ0n) is 18.1. The normalized spacial score (nSPS) is 11.2. The van der Waals surface area contributed by atoms with Crippen molar-refractivity contribution in [1.29, 1.82) is 0 Å². The Morgan fingerprint density at radius 2 is 1.79 bits per heavy atom. The molecular formula is C23H31N5O. The fraction of sp³-hybridized carbons (Fsp3) is 0.435. The predicted octanol–water partition coefficient (Wildman–Crippen LogP) is 4.28. The fourth-order valence-electron chi connectivity index (χ4n) is 3.59. The Bertz CT molecular complexity index is 969. The van der Waals surface area contributed by atoms with Crippen LogP contribution in [-0.4, -0.2) is 25.5 Å². The first kappa shape index (κ1) is 20.8. The van der Waals surface area contributed by atoms with Crippen molar-refractivity contribution < 1.29 is 4.79 Å². The molecule has 0 saturated carbocycles. The Labute approximate surface area is 172 Å². The zero-order valence-corrected chi connectivity index (χ0v) is 18.1. The minimum atomic E-state index is -0.00498. The van der Waals surface area contributed by atoms with E-state index in [0.717, 1.165) is 35.0 Å². The number of rotatable bonds is 8. The standard InChI is InChI=1S/C23H31N5O/c1-16(2)14-27-19(5)21(18(4)26-27)11-12-23(29)24-22-13-17(3)25-28(22)15-20-9-7-6-8-10-20/h6-10,13,16H,11-12,14-15H2,1-5H3,(H,24,29). The summed E-state index contributed by atoms with van der Waals surface area (Å²) in [7, 11) is 0. The summed E-state index contributed by atoms with van der Waals surface area (Å²) in [6.45, 7) is 12.0. The molecule has 0 aliphatic carbocycles. The van der Waals surface area contributed by atoms with Crippen LogP contribution in [-0.2, 0) is 24.3 Å². The largest absolute Gasteiger partial charge is 0.311 e. The van der Waals surface area contributed by atoms with E-state index in [1.807, 2.05) is 42.8 Å². The molecule has 1 amide bonds. The Hall–Kier alpha value is -2.89. The average Bonchev–Trinajstić information content (AvgIpc) is 3.12. The van der Waals surface area contributed by atoms with Gasteiger partial charge < -0.3 is 5.32 Å². The van der Waals surface area contributed by atoms with Gasteiger partial charge in [-0.05, 0) is 44.2 Å². The number of aromatic nitrogens is 4. The average molecular weight is 394 g/mol. The van der Waals surface area contributed by atoms with Gasteiger partial charge in [-0.2, -0.15) is 10.2 Å². The number of aryl methyl sites for hydroxylation is 2. The van der Waals surface area contributed by atoms with Crippen LogP contribution >= 0.6 is 0 Å². The number of carbonyl (C=O) groups excluding carboxylic acids is 1. The van der Waals surface area contributed by atoms with Crippen LogP contribution in [0.1, 0.15) is 48.5 Å². The van der Waals surface area contributed by atoms with Gasteiger partial charge in [0.05, 0.1) is 17.9 Å². The van der Waals surface area contributed by atoms with Gasteiger partial charge in [-0.25, -0.2) is 4.68 Å². The highest BCUT2D eigenvalue weighted by molar-refractivity contribution is 5.90. The molecule has 0 bridgehead atoms. The molecule has 0 unspecified atom stereocenters. The molecule has 6 nitrogen and oxygen atoms in total. The third-order valence-corrected chi connectivity index (χ3v) is 5.02. The van der Waals surface area contributed by atoms with Gasteiger partial charge in [0.1, 0.15) is 5.82 Å². The van der Waals surface area contributed by atoms with E-state index in [0.29, 0.717) is 25.3 Å². The van der Waals surface area contributed by atoms with Crippen LogP contribution < -0.4 is 5.32 Å². The highest BCUT2D eigenvalue weighted by Gasteiger charge is 2.15. The van der Waals surface area contributed by atoms with Crippen molar-refractivity contribution in [3.05, 3.63) is 64.6 Å². The summed E-state index contributed by atoms with van der Waals surface area (Å²) >= 11 is 0. The van der Waals surface area contributed by atoms with Crippen LogP contribution in [0.2, 0.25) is 0 Å². The van der Waals surface area contributed by atoms with Gasteiger partial charge in [0.2, 0.25) is 5.91 Å². The molecule has 0 spiro atoms. The molecule has 0 radical (unpaired) electrons. The lowest BCUT2D eigenvalue weighted by molar-refractivity contribution is -0.116. The number of hydrogen-bond donors (Lipinski definition) is 1. The molecule has 29 heavy (non-hydrogen) atoms. The van der Waals surface area contributed by atoms with Crippen molar-refractivity contribution in [2.24, 2.45) is 5.92 Å². The molecule has 0 fully saturated rings. The second-order valence-corrected chi connectivity index (χ2v) is 8.09. The molecule has 2 aromatic heterocycles. The van der Waals surface area contributed by atoms with E-state index >= 15 is 0 Å². The molecule has 3 rings (SSSR count). The van der Waals surface area contributed by atoms with Crippen molar-refractivity contribution in [2.45, 2.75) is 60.5 Å². The monoisotopic (exact) mass is 393 g/mol. The highest BCUT2D eigenvalue weighted by atomic mass is 16.1. The summed E-state index contributed by atoms with van der Waals surface area (Å²) in [4.78, 5) is 12.6. The number of amides is 1. The number of nitrogens with zero attached hydrogens (tertiary/aromatic N) is 4. The highest BCUT2D eigenvalue weighted by Crippen LogP contribution is 2.18. The number of nitrogens with one attached hydrogen (secondary N) is 1. The topological polar surface area (TPSA) is 64.7 Å². The van der Waals surface area contributed by atoms with Crippen LogP contribution in [0.3, 0.4) is 0 Å². The van der Waals surface area contributed by atoms with Crippen LogP contribution in [0.4, 0.5) is 5.82 Å². The molecule has 0 aliphatic heterocycles. The Balaban J connectivity index is 1.64. The maximum atomic E-state index is 12.6. The molecular weight excluding hydrogens is 362 g/mol. The number of anilines is 1. The van der Waals surface area contributed by atoms with Crippen molar-refractivity contribution in [2.75, 3.05) is 5.32 Å². The van der Waals surface area contributed by atoms with E-state index < -0.39 is 0 Å². The maximum absolute atomic E-state index is 12.6. The van der Waals surface area contributed by atoms with Crippen LogP contribution in [0.25, 0.3) is 0 Å². The molecule has 1 aromatic carbocycles. The Morgan fingerprint density at radius 1 is 1.07 bits per heavy atom. The van der Waals surface area contributed by atoms with Crippen molar-refractivity contribution in [3.8, 4) is 0 Å². The van der Waals surface area contributed by atoms with E-state index in [9.17, 15) is 4.79 Å². The number of benzene rings is 1. The number of hydrogen-bond acceptors (Lipinski definition) is 3. The quantitative estimate of drug-likeness (QED) is 0.621. The lowest BCUT2D eigenvalue weighted by Crippen LogP contribution is -2.16. The first-order chi connectivity index (χ1) is 13.8. The molecule has 154 valence electrons. The van der Waals surface area contributed by atoms with Gasteiger partial charge in [0.15, 0.2) is 0 Å². The lowest BCUT2D eigenvalue weighted by Gasteiger charge is -2.10. The van der Waals surface area contributed by atoms with Gasteiger partial charge in [-0.15, -0.1) is 0 Å². The Kier molecular flexibility index (Phi) is 6.52. The second kappa shape index (κ2) is 9.07. The van der Waals surface area contributed by atoms with Gasteiger partial charge in [0.25, 0.3) is 0 Å². The van der Waals surface area contributed by atoms with Gasteiger partial charge in [0, 0.05) is 24.7 Å². The van der Waals surface area contributed by atoms with E-state index in [1.165, 1.54) is 5.56 Å². The summed E-state index contributed by atoms with van der Waals surface area (Å²) < 4.78 is 3.91. The van der Waals surface area contributed by atoms with E-state index in [1.54, 1.807) is 0 Å². The van der Waals surface area contributed by atoms with Crippen molar-refractivity contribution in [3.63, 3.8) is 0 Å². The fourth-order valence-corrected chi connectivity index (χ4v) is 3.59. The smallest absolute Gasteiger partial charge is 0.225 e. The third-order valence-electron chi connectivity index (χ3n) is 5.02. The third kappa shape index (κ3) is 5.34. The minimum Gasteiger partial charge on any atom is -0.311 e. The summed E-state index contributed by atoms with van der Waals surface area (Å²) in [6.07, 6.45) is 1.11. The molecule has 0 saturated heterocycles. The summed E-state index contributed by atoms with van der Waals surface area (Å²) in [6, 6.07) is 12.0. The van der Waals surface area contributed by atoms with Gasteiger partial charge >= 0.3 is 0 Å². The van der Waals surface area contributed by atoms with Crippen LogP contribution in [0.5, 0.6) is 0 Å². The molecule has 0 atom stereocenters. The SMILES string of the molecule is Cc1cc(NC(=O)CCc2c(C)nn(CC(C)C)c2C)n(Cc2ccccc2)n1. The van der Waals surface area contributed by atoms with Gasteiger partial charge in [-0.1, -0.05) is 44.2 Å². The number of carbonyl (C=O) groups is 1. The Morgan fingerprint density at radius 3 is 2.48 bits per heavy atom. The molecule has 2 heterocycles. The van der Waals surface area contributed by atoms with E-state index in [4.69, 9.17) is 0 Å². The molecule has 1 N–H and O–H groups in total. The maximum Gasteiger partial charge on any atom is 0.225 e. The van der Waals surface area contributed by atoms with Gasteiger partial charge in [-0.3, -0.25) is 9.48 Å². The first-order valence-corrected chi connectivity index (χ1v) is 10.2. The summed E-state index contributed by atoms with van der Waals surface area (Å²) in [5.41, 5.74) is 5.39. The summed E-state index contributed by atoms with van der Waals surface area (Å²) in [5, 5.41) is 12.2. The van der Waals surface area contributed by atoms with Crippen LogP contribution in [0, 0.1) is 26.7 Å². The van der Waals surface area contributed by atoms with Crippen molar-refractivity contribution >= 4 is 11.7 Å². The minimum absolute atomic E-state index is 0.00498. The molecule has 6 heteroatoms. The van der Waals surface area contributed by atoms with E-state index in [-0.39, 0.29) is 5.91 Å². The predicted molar refractivity (Wildman–Crippen MR) is 116 cm³/mol. The summed E-state index contributed by atoms with van der Waals surface area (Å²) in [5.74, 6) is 1.27. The zero-order chi connectivity index (χ0) is 21.0. The first-order valence-electron chi connectivity index (χ1n) is 10.2. The molecule has 0 aliphatic rings.